The Labute approximate surface area is 108 Å². The molecular weight excluding hydrogens is 228 g/mol. The van der Waals surface area contributed by atoms with Crippen LogP contribution in [0.4, 0.5) is 5.82 Å². The average molecular weight is 250 g/mol. The first-order valence-electron chi connectivity index (χ1n) is 6.15. The topological polar surface area (TPSA) is 74.7 Å². The van der Waals surface area contributed by atoms with Crippen molar-refractivity contribution in [3.05, 3.63) is 23.4 Å². The summed E-state index contributed by atoms with van der Waals surface area (Å²) >= 11 is 0. The summed E-state index contributed by atoms with van der Waals surface area (Å²) in [5.74, 6) is 1.43. The van der Waals surface area contributed by atoms with E-state index < -0.39 is 0 Å². The van der Waals surface area contributed by atoms with Crippen molar-refractivity contribution in [1.29, 1.82) is 0 Å². The highest BCUT2D eigenvalue weighted by Crippen LogP contribution is 2.21. The van der Waals surface area contributed by atoms with Crippen LogP contribution < -0.4 is 10.6 Å². The lowest BCUT2D eigenvalue weighted by molar-refractivity contribution is 0.318. The SMILES string of the molecule is CCC(C)CN(C)c1nccc(C)c1/C(N)=N/O. The van der Waals surface area contributed by atoms with Gasteiger partial charge in [-0.05, 0) is 24.5 Å². The number of hydrogen-bond acceptors (Lipinski definition) is 4. The van der Waals surface area contributed by atoms with Gasteiger partial charge in [-0.15, -0.1) is 0 Å². The van der Waals surface area contributed by atoms with E-state index in [1.807, 2.05) is 20.0 Å². The van der Waals surface area contributed by atoms with Crippen LogP contribution in [-0.4, -0.2) is 29.6 Å². The maximum atomic E-state index is 8.86. The summed E-state index contributed by atoms with van der Waals surface area (Å²) in [6.45, 7) is 7.16. The van der Waals surface area contributed by atoms with Gasteiger partial charge in [-0.3, -0.25) is 0 Å². The number of anilines is 1. The summed E-state index contributed by atoms with van der Waals surface area (Å²) in [4.78, 5) is 6.40. The molecule has 0 aliphatic carbocycles. The molecule has 0 spiro atoms. The van der Waals surface area contributed by atoms with Crippen molar-refractivity contribution >= 4 is 11.7 Å². The molecule has 0 aromatic carbocycles. The minimum absolute atomic E-state index is 0.103. The van der Waals surface area contributed by atoms with E-state index in [0.29, 0.717) is 11.5 Å². The smallest absolute Gasteiger partial charge is 0.174 e. The van der Waals surface area contributed by atoms with E-state index in [4.69, 9.17) is 10.9 Å². The van der Waals surface area contributed by atoms with Crippen LogP contribution in [0.25, 0.3) is 0 Å². The van der Waals surface area contributed by atoms with Gasteiger partial charge >= 0.3 is 0 Å². The molecule has 0 amide bonds. The molecule has 0 aliphatic rings. The van der Waals surface area contributed by atoms with Gasteiger partial charge in [0, 0.05) is 19.8 Å². The summed E-state index contributed by atoms with van der Waals surface area (Å²) in [6.07, 6.45) is 2.85. The lowest BCUT2D eigenvalue weighted by Gasteiger charge is -2.24. The van der Waals surface area contributed by atoms with Crippen molar-refractivity contribution in [2.75, 3.05) is 18.5 Å². The largest absolute Gasteiger partial charge is 0.409 e. The lowest BCUT2D eigenvalue weighted by atomic mass is 10.1. The van der Waals surface area contributed by atoms with Crippen LogP contribution in [0.1, 0.15) is 31.4 Å². The highest BCUT2D eigenvalue weighted by Gasteiger charge is 2.16. The predicted octanol–water partition coefficient (Wildman–Crippen LogP) is 1.97. The van der Waals surface area contributed by atoms with Crippen molar-refractivity contribution in [2.45, 2.75) is 27.2 Å². The van der Waals surface area contributed by atoms with Crippen molar-refractivity contribution in [1.82, 2.24) is 4.98 Å². The van der Waals surface area contributed by atoms with E-state index >= 15 is 0 Å². The summed E-state index contributed by atoms with van der Waals surface area (Å²) in [5, 5.41) is 12.0. The van der Waals surface area contributed by atoms with E-state index in [1.165, 1.54) is 0 Å². The molecule has 1 heterocycles. The lowest BCUT2D eigenvalue weighted by Crippen LogP contribution is -2.28. The molecule has 5 heteroatoms. The molecule has 5 nitrogen and oxygen atoms in total. The number of nitrogens with two attached hydrogens (primary N) is 1. The average Bonchev–Trinajstić information content (AvgIpc) is 2.37. The Morgan fingerprint density at radius 3 is 2.83 bits per heavy atom. The zero-order chi connectivity index (χ0) is 13.7. The molecule has 1 rings (SSSR count). The molecule has 1 aromatic heterocycles. The van der Waals surface area contributed by atoms with Crippen molar-refractivity contribution < 1.29 is 5.21 Å². The third kappa shape index (κ3) is 3.12. The van der Waals surface area contributed by atoms with Gasteiger partial charge < -0.3 is 15.8 Å². The summed E-state index contributed by atoms with van der Waals surface area (Å²) in [6, 6.07) is 1.86. The summed E-state index contributed by atoms with van der Waals surface area (Å²) < 4.78 is 0. The van der Waals surface area contributed by atoms with Crippen molar-refractivity contribution in [3.63, 3.8) is 0 Å². The molecule has 100 valence electrons. The van der Waals surface area contributed by atoms with Crippen LogP contribution >= 0.6 is 0 Å². The highest BCUT2D eigenvalue weighted by atomic mass is 16.4. The molecule has 1 atom stereocenters. The Kier molecular flexibility index (Phi) is 4.95. The molecule has 0 bridgehead atoms. The zero-order valence-corrected chi connectivity index (χ0v) is 11.5. The molecule has 0 saturated heterocycles. The quantitative estimate of drug-likeness (QED) is 0.362. The van der Waals surface area contributed by atoms with E-state index in [0.717, 1.165) is 24.3 Å². The molecule has 3 N–H and O–H groups in total. The molecule has 18 heavy (non-hydrogen) atoms. The van der Waals surface area contributed by atoms with Crippen LogP contribution in [0.5, 0.6) is 0 Å². The number of hydrogen-bond donors (Lipinski definition) is 2. The van der Waals surface area contributed by atoms with Crippen LogP contribution in [0.15, 0.2) is 17.4 Å². The van der Waals surface area contributed by atoms with Gasteiger partial charge in [0.1, 0.15) is 5.82 Å². The first-order valence-corrected chi connectivity index (χ1v) is 6.15. The van der Waals surface area contributed by atoms with Gasteiger partial charge in [-0.25, -0.2) is 4.98 Å². The van der Waals surface area contributed by atoms with Crippen LogP contribution in [0.2, 0.25) is 0 Å². The first kappa shape index (κ1) is 14.3. The predicted molar refractivity (Wildman–Crippen MR) is 74.2 cm³/mol. The van der Waals surface area contributed by atoms with Crippen LogP contribution in [0.3, 0.4) is 0 Å². The van der Waals surface area contributed by atoms with Gasteiger partial charge in [0.15, 0.2) is 5.84 Å². The molecule has 1 unspecified atom stereocenters. The molecular formula is C13H22N4O. The molecule has 0 radical (unpaired) electrons. The Bertz CT molecular complexity index is 431. The summed E-state index contributed by atoms with van der Waals surface area (Å²) in [5.41, 5.74) is 7.38. The number of oxime groups is 1. The van der Waals surface area contributed by atoms with Gasteiger partial charge in [-0.1, -0.05) is 25.4 Å². The van der Waals surface area contributed by atoms with E-state index in [2.05, 4.69) is 28.9 Å². The first-order chi connectivity index (χ1) is 8.51. The van der Waals surface area contributed by atoms with E-state index in [1.54, 1.807) is 6.20 Å². The number of aryl methyl sites for hydroxylation is 1. The Morgan fingerprint density at radius 1 is 1.61 bits per heavy atom. The maximum Gasteiger partial charge on any atom is 0.174 e. The van der Waals surface area contributed by atoms with Gasteiger partial charge in [0.05, 0.1) is 5.56 Å². The third-order valence-electron chi connectivity index (χ3n) is 3.15. The molecule has 0 saturated carbocycles. The Hall–Kier alpha value is -1.78. The van der Waals surface area contributed by atoms with E-state index in [-0.39, 0.29) is 5.84 Å². The standard InChI is InChI=1S/C13H22N4O/c1-5-9(2)8-17(4)13-11(12(14)16-18)10(3)6-7-15-13/h6-7,9,18H,5,8H2,1-4H3,(H2,14,16). The minimum atomic E-state index is 0.103. The second-order valence-corrected chi connectivity index (χ2v) is 4.71. The highest BCUT2D eigenvalue weighted by molar-refractivity contribution is 6.02. The fourth-order valence-corrected chi connectivity index (χ4v) is 1.88. The molecule has 0 fully saturated rings. The fraction of sp³-hybridized carbons (Fsp3) is 0.538. The Morgan fingerprint density at radius 2 is 2.28 bits per heavy atom. The number of amidine groups is 1. The zero-order valence-electron chi connectivity index (χ0n) is 11.5. The second kappa shape index (κ2) is 6.23. The number of nitrogens with zero attached hydrogens (tertiary/aromatic N) is 3. The molecule has 0 aliphatic heterocycles. The summed E-state index contributed by atoms with van der Waals surface area (Å²) in [7, 11) is 1.97. The molecule has 1 aromatic rings. The number of rotatable bonds is 5. The van der Waals surface area contributed by atoms with E-state index in [9.17, 15) is 0 Å². The number of pyridine rings is 1. The monoisotopic (exact) mass is 250 g/mol. The second-order valence-electron chi connectivity index (χ2n) is 4.71. The van der Waals surface area contributed by atoms with Gasteiger partial charge in [0.2, 0.25) is 0 Å². The van der Waals surface area contributed by atoms with Crippen LogP contribution in [-0.2, 0) is 0 Å². The minimum Gasteiger partial charge on any atom is -0.409 e. The van der Waals surface area contributed by atoms with Gasteiger partial charge in [0.25, 0.3) is 0 Å². The third-order valence-corrected chi connectivity index (χ3v) is 3.15. The Balaban J connectivity index is 3.12. The normalized spacial score (nSPS) is 13.4. The van der Waals surface area contributed by atoms with Crippen molar-refractivity contribution in [2.24, 2.45) is 16.8 Å². The maximum absolute atomic E-state index is 8.86. The van der Waals surface area contributed by atoms with Crippen molar-refractivity contribution in [3.8, 4) is 0 Å². The fourth-order valence-electron chi connectivity index (χ4n) is 1.88. The van der Waals surface area contributed by atoms with Crippen LogP contribution in [0, 0.1) is 12.8 Å². The van der Waals surface area contributed by atoms with Gasteiger partial charge in [-0.2, -0.15) is 0 Å². The number of aromatic nitrogens is 1.